The molecule has 0 amide bonds. The molecule has 2 heteroatoms. The van der Waals surface area contributed by atoms with Crippen LogP contribution < -0.4 is 4.90 Å². The van der Waals surface area contributed by atoms with E-state index in [0.717, 1.165) is 23.7 Å². The van der Waals surface area contributed by atoms with Gasteiger partial charge in [-0.05, 0) is 171 Å². The van der Waals surface area contributed by atoms with Crippen LogP contribution in [0.2, 0.25) is 0 Å². The Labute approximate surface area is 320 Å². The number of rotatable bonds is 3. The first-order chi connectivity index (χ1) is 25.4. The summed E-state index contributed by atoms with van der Waals surface area (Å²) in [6, 6.07) is 41.2. The molecule has 1 nitrogen and oxygen atoms in total. The van der Waals surface area contributed by atoms with E-state index in [4.69, 9.17) is 0 Å². The topological polar surface area (TPSA) is 3.24 Å². The average Bonchev–Trinajstić information content (AvgIpc) is 3.76. The van der Waals surface area contributed by atoms with E-state index in [0.29, 0.717) is 5.41 Å². The van der Waals surface area contributed by atoms with E-state index in [1.54, 1.807) is 11.1 Å². The van der Waals surface area contributed by atoms with Gasteiger partial charge in [-0.1, -0.05) is 108 Å². The lowest BCUT2D eigenvalue weighted by molar-refractivity contribution is -0.235. The van der Waals surface area contributed by atoms with Crippen LogP contribution in [0.1, 0.15) is 113 Å². The van der Waals surface area contributed by atoms with Crippen molar-refractivity contribution in [3.63, 3.8) is 0 Å². The summed E-state index contributed by atoms with van der Waals surface area (Å²) in [4.78, 5) is 5.63. The van der Waals surface area contributed by atoms with Crippen LogP contribution in [0.5, 0.6) is 0 Å². The van der Waals surface area contributed by atoms with E-state index in [-0.39, 0.29) is 21.7 Å². The van der Waals surface area contributed by atoms with Crippen molar-refractivity contribution in [1.82, 2.24) is 0 Å². The van der Waals surface area contributed by atoms with Crippen molar-refractivity contribution in [3.8, 4) is 11.1 Å². The lowest BCUT2D eigenvalue weighted by atomic mass is 9.26. The molecule has 4 fully saturated rings. The Hall–Kier alpha value is -3.75. The molecule has 53 heavy (non-hydrogen) atoms. The molecule has 5 aromatic carbocycles. The van der Waals surface area contributed by atoms with E-state index < -0.39 is 0 Å². The maximum Gasteiger partial charge on any atom is 0.0468 e. The molecule has 6 atom stereocenters. The monoisotopic (exact) mass is 709 g/mol. The van der Waals surface area contributed by atoms with Gasteiger partial charge in [-0.25, -0.2) is 0 Å². The molecule has 0 saturated heterocycles. The minimum absolute atomic E-state index is 0.0129. The largest absolute Gasteiger partial charge is 0.310 e. The molecule has 0 radical (unpaired) electrons. The minimum atomic E-state index is -0.0129. The Morgan fingerprint density at radius 2 is 1.13 bits per heavy atom. The highest BCUT2D eigenvalue weighted by atomic mass is 32.2. The smallest absolute Gasteiger partial charge is 0.0468 e. The zero-order valence-electron chi connectivity index (χ0n) is 32.2. The highest BCUT2D eigenvalue weighted by molar-refractivity contribution is 7.99. The fraction of sp³-hybridized carbons (Fsp3) is 0.412. The number of benzene rings is 5. The number of hydrogen-bond donors (Lipinski definition) is 0. The molecule has 12 rings (SSSR count). The Bertz CT molecular complexity index is 2430. The summed E-state index contributed by atoms with van der Waals surface area (Å²) >= 11 is 2.03. The standard InChI is InChI=1S/C51H51NS/c1-47(2)21-22-48(3,4)41-27-33(16-19-39(41)47)52(32-15-18-38-36(26-32)35-11-7-8-12-37(35)49(38,5)6)34-17-20-44-42(28-34)51(40-13-9-10-14-43(40)53-44)45-24-30-23-31-25-46(51)50(31,45)29-30/h7-20,26-28,30-31,45-46H,21-25,29H2,1-6H3. The van der Waals surface area contributed by atoms with Crippen molar-refractivity contribution in [2.45, 2.75) is 112 Å². The van der Waals surface area contributed by atoms with Gasteiger partial charge in [0.05, 0.1) is 0 Å². The molecular weight excluding hydrogens is 659 g/mol. The Morgan fingerprint density at radius 1 is 0.528 bits per heavy atom. The first kappa shape index (κ1) is 31.6. The molecule has 7 aliphatic rings. The molecule has 4 saturated carbocycles. The van der Waals surface area contributed by atoms with Crippen molar-refractivity contribution in [2.75, 3.05) is 4.90 Å². The van der Waals surface area contributed by atoms with Crippen LogP contribution in [-0.4, -0.2) is 0 Å². The van der Waals surface area contributed by atoms with Crippen LogP contribution in [0.3, 0.4) is 0 Å². The number of nitrogens with zero attached hydrogens (tertiary/aromatic N) is 1. The van der Waals surface area contributed by atoms with E-state index in [1.807, 2.05) is 11.8 Å². The zero-order chi connectivity index (χ0) is 35.9. The maximum atomic E-state index is 2.68. The van der Waals surface area contributed by atoms with E-state index in [9.17, 15) is 0 Å². The second-order valence-electron chi connectivity index (χ2n) is 20.1. The van der Waals surface area contributed by atoms with Crippen molar-refractivity contribution in [2.24, 2.45) is 29.1 Å². The molecule has 5 aromatic rings. The van der Waals surface area contributed by atoms with Gasteiger partial charge in [0.1, 0.15) is 0 Å². The summed E-state index contributed by atoms with van der Waals surface area (Å²) in [5, 5.41) is 0. The molecule has 1 aliphatic heterocycles. The van der Waals surface area contributed by atoms with Crippen molar-refractivity contribution < 1.29 is 0 Å². The van der Waals surface area contributed by atoms with Crippen LogP contribution in [0.25, 0.3) is 11.1 Å². The lowest BCUT2D eigenvalue weighted by Crippen LogP contribution is -2.74. The van der Waals surface area contributed by atoms with Gasteiger partial charge < -0.3 is 4.90 Å². The molecule has 0 N–H and O–H groups in total. The van der Waals surface area contributed by atoms with Crippen molar-refractivity contribution in [1.29, 1.82) is 0 Å². The van der Waals surface area contributed by atoms with Gasteiger partial charge in [-0.2, -0.15) is 0 Å². The van der Waals surface area contributed by atoms with Crippen LogP contribution >= 0.6 is 11.8 Å². The maximum absolute atomic E-state index is 2.68. The van der Waals surface area contributed by atoms with Gasteiger partial charge in [0.25, 0.3) is 0 Å². The van der Waals surface area contributed by atoms with Crippen LogP contribution in [0.4, 0.5) is 17.1 Å². The predicted molar refractivity (Wildman–Crippen MR) is 220 cm³/mol. The van der Waals surface area contributed by atoms with Crippen LogP contribution in [0, 0.1) is 29.1 Å². The summed E-state index contributed by atoms with van der Waals surface area (Å²) in [5.41, 5.74) is 16.9. The molecule has 6 unspecified atom stereocenters. The van der Waals surface area contributed by atoms with E-state index in [2.05, 4.69) is 150 Å². The zero-order valence-corrected chi connectivity index (χ0v) is 33.0. The molecule has 266 valence electrons. The number of anilines is 3. The second kappa shape index (κ2) is 9.91. The quantitative estimate of drug-likeness (QED) is 0.183. The van der Waals surface area contributed by atoms with E-state index >= 15 is 0 Å². The normalized spacial score (nSPS) is 31.7. The third-order valence-corrected chi connectivity index (χ3v) is 17.8. The van der Waals surface area contributed by atoms with E-state index in [1.165, 1.54) is 98.8 Å². The van der Waals surface area contributed by atoms with Gasteiger partial charge in [0.15, 0.2) is 0 Å². The fourth-order valence-electron chi connectivity index (χ4n) is 14.2. The van der Waals surface area contributed by atoms with Crippen molar-refractivity contribution >= 4 is 28.8 Å². The molecule has 0 aromatic heterocycles. The first-order valence-corrected chi connectivity index (χ1v) is 21.4. The molecular formula is C51H51NS. The summed E-state index contributed by atoms with van der Waals surface area (Å²) in [6.07, 6.45) is 8.30. The summed E-state index contributed by atoms with van der Waals surface area (Å²) < 4.78 is 0. The third-order valence-electron chi connectivity index (χ3n) is 16.6. The van der Waals surface area contributed by atoms with Crippen LogP contribution in [0.15, 0.2) is 113 Å². The first-order valence-electron chi connectivity index (χ1n) is 20.6. The Morgan fingerprint density at radius 3 is 1.92 bits per heavy atom. The Balaban J connectivity index is 1.08. The van der Waals surface area contributed by atoms with Gasteiger partial charge in [0, 0.05) is 37.7 Å². The molecule has 2 spiro atoms. The molecule has 1 heterocycles. The average molecular weight is 710 g/mol. The Kier molecular flexibility index (Phi) is 5.91. The predicted octanol–water partition coefficient (Wildman–Crippen LogP) is 13.6. The highest BCUT2D eigenvalue weighted by Crippen LogP contribution is 2.89. The van der Waals surface area contributed by atoms with Gasteiger partial charge in [-0.15, -0.1) is 0 Å². The SMILES string of the molecule is CC1(C)CCC(C)(C)c2cc(N(c3ccc4c(c3)-c3ccccc3C4(C)C)c3ccc4c(c3)C3(c5ccccc5S4)C4CC5CC6CC3C64C5)ccc21. The summed E-state index contributed by atoms with van der Waals surface area (Å²) in [6.45, 7) is 14.6. The fourth-order valence-corrected chi connectivity index (χ4v) is 15.4. The van der Waals surface area contributed by atoms with Crippen molar-refractivity contribution in [3.05, 3.63) is 137 Å². The van der Waals surface area contributed by atoms with Crippen LogP contribution in [-0.2, 0) is 21.7 Å². The summed E-state index contributed by atoms with van der Waals surface area (Å²) in [7, 11) is 0. The van der Waals surface area contributed by atoms with Gasteiger partial charge >= 0.3 is 0 Å². The van der Waals surface area contributed by atoms with Gasteiger partial charge in [-0.3, -0.25) is 0 Å². The number of hydrogen-bond acceptors (Lipinski definition) is 2. The second-order valence-corrected chi connectivity index (χ2v) is 21.2. The molecule has 2 bridgehead atoms. The summed E-state index contributed by atoms with van der Waals surface area (Å²) in [5.74, 6) is 3.49. The molecule has 6 aliphatic carbocycles. The third kappa shape index (κ3) is 3.69. The lowest BCUT2D eigenvalue weighted by Gasteiger charge is -2.78. The minimum Gasteiger partial charge on any atom is -0.310 e. The highest BCUT2D eigenvalue weighted by Gasteiger charge is 2.84. The number of fused-ring (bicyclic) bond motifs is 11. The van der Waals surface area contributed by atoms with Gasteiger partial charge in [0.2, 0.25) is 0 Å².